The minimum atomic E-state index is -0.145. The SMILES string of the molecule is CN1CCN(C)[C@H](C(=O)NC(C)(C)C)C1.II. The highest BCUT2D eigenvalue weighted by Crippen LogP contribution is 2.08. The second-order valence-electron chi connectivity index (χ2n) is 5.50. The van der Waals surface area contributed by atoms with Gasteiger partial charge in [-0.25, -0.2) is 0 Å². The summed E-state index contributed by atoms with van der Waals surface area (Å²) in [4.78, 5) is 16.3. The molecule has 1 heterocycles. The van der Waals surface area contributed by atoms with E-state index in [4.69, 9.17) is 0 Å². The molecular formula is C11H23I2N3O. The summed E-state index contributed by atoms with van der Waals surface area (Å²) in [5, 5.41) is 3.03. The highest BCUT2D eigenvalue weighted by molar-refractivity contribution is 15.0. The average molecular weight is 467 g/mol. The van der Waals surface area contributed by atoms with Gasteiger partial charge in [-0.15, -0.1) is 0 Å². The molecule has 0 saturated carbocycles. The number of amides is 1. The fourth-order valence-corrected chi connectivity index (χ4v) is 1.75. The van der Waals surface area contributed by atoms with E-state index in [-0.39, 0.29) is 17.5 Å². The maximum atomic E-state index is 12.0. The van der Waals surface area contributed by atoms with Crippen LogP contribution in [0.25, 0.3) is 0 Å². The lowest BCUT2D eigenvalue weighted by atomic mass is 10.1. The first-order valence-electron chi connectivity index (χ1n) is 5.65. The third-order valence-corrected chi connectivity index (χ3v) is 2.65. The van der Waals surface area contributed by atoms with Crippen LogP contribution in [-0.4, -0.2) is 61.0 Å². The highest BCUT2D eigenvalue weighted by atomic mass is 128. The van der Waals surface area contributed by atoms with Crippen molar-refractivity contribution in [2.24, 2.45) is 0 Å². The van der Waals surface area contributed by atoms with Gasteiger partial charge in [-0.1, -0.05) is 0 Å². The third-order valence-electron chi connectivity index (χ3n) is 2.65. The topological polar surface area (TPSA) is 35.6 Å². The molecule has 0 aromatic heterocycles. The summed E-state index contributed by atoms with van der Waals surface area (Å²) < 4.78 is 0. The molecule has 1 aliphatic heterocycles. The zero-order chi connectivity index (χ0) is 13.6. The minimum Gasteiger partial charge on any atom is -0.350 e. The number of rotatable bonds is 1. The predicted molar refractivity (Wildman–Crippen MR) is 89.9 cm³/mol. The van der Waals surface area contributed by atoms with Crippen molar-refractivity contribution in [1.82, 2.24) is 15.1 Å². The van der Waals surface area contributed by atoms with Gasteiger partial charge < -0.3 is 10.2 Å². The van der Waals surface area contributed by atoms with Crippen LogP contribution in [0.5, 0.6) is 0 Å². The first kappa shape index (κ1) is 17.8. The van der Waals surface area contributed by atoms with Crippen LogP contribution in [0.2, 0.25) is 0 Å². The van der Waals surface area contributed by atoms with Gasteiger partial charge in [0.05, 0.1) is 0 Å². The van der Waals surface area contributed by atoms with Gasteiger partial charge in [0, 0.05) is 62.4 Å². The second-order valence-corrected chi connectivity index (χ2v) is 5.50. The summed E-state index contributed by atoms with van der Waals surface area (Å²) in [6.45, 7) is 8.85. The van der Waals surface area contributed by atoms with Crippen molar-refractivity contribution in [1.29, 1.82) is 0 Å². The molecule has 0 radical (unpaired) electrons. The Bertz CT molecular complexity index is 243. The lowest BCUT2D eigenvalue weighted by Crippen LogP contribution is -2.59. The number of hydrogen-bond donors (Lipinski definition) is 1. The molecule has 102 valence electrons. The Kier molecular flexibility index (Phi) is 8.51. The van der Waals surface area contributed by atoms with Gasteiger partial charge in [0.25, 0.3) is 0 Å². The molecule has 0 aliphatic carbocycles. The van der Waals surface area contributed by atoms with E-state index < -0.39 is 0 Å². The maximum absolute atomic E-state index is 12.0. The molecule has 1 amide bonds. The fraction of sp³-hybridized carbons (Fsp3) is 0.909. The van der Waals surface area contributed by atoms with E-state index in [2.05, 4.69) is 59.4 Å². The summed E-state index contributed by atoms with van der Waals surface area (Å²) >= 11 is 4.24. The molecule has 1 rings (SSSR count). The highest BCUT2D eigenvalue weighted by Gasteiger charge is 2.30. The number of nitrogens with one attached hydrogen (secondary N) is 1. The van der Waals surface area contributed by atoms with E-state index in [9.17, 15) is 4.79 Å². The van der Waals surface area contributed by atoms with Crippen molar-refractivity contribution >= 4 is 43.1 Å². The first-order valence-corrected chi connectivity index (χ1v) is 11.9. The van der Waals surface area contributed by atoms with E-state index >= 15 is 0 Å². The van der Waals surface area contributed by atoms with Crippen LogP contribution in [0.1, 0.15) is 20.8 Å². The number of hydrogen-bond acceptors (Lipinski definition) is 3. The van der Waals surface area contributed by atoms with Crippen molar-refractivity contribution in [2.45, 2.75) is 32.4 Å². The molecule has 0 aromatic carbocycles. The summed E-state index contributed by atoms with van der Waals surface area (Å²) in [6.07, 6.45) is 0. The molecule has 1 aliphatic rings. The molecule has 0 spiro atoms. The molecule has 0 aromatic rings. The van der Waals surface area contributed by atoms with Crippen LogP contribution in [0.3, 0.4) is 0 Å². The normalized spacial score (nSPS) is 22.6. The van der Waals surface area contributed by atoms with Crippen molar-refractivity contribution < 1.29 is 4.79 Å². The van der Waals surface area contributed by atoms with Gasteiger partial charge in [0.15, 0.2) is 0 Å². The van der Waals surface area contributed by atoms with Crippen LogP contribution in [0, 0.1) is 0 Å². The van der Waals surface area contributed by atoms with Crippen LogP contribution < -0.4 is 5.32 Å². The van der Waals surface area contributed by atoms with Crippen molar-refractivity contribution in [3.05, 3.63) is 0 Å². The summed E-state index contributed by atoms with van der Waals surface area (Å²) in [5.41, 5.74) is -0.145. The molecule has 0 bridgehead atoms. The van der Waals surface area contributed by atoms with E-state index in [0.29, 0.717) is 0 Å². The summed E-state index contributed by atoms with van der Waals surface area (Å²) in [7, 11) is 4.07. The number of piperazine rings is 1. The molecule has 6 heteroatoms. The Balaban J connectivity index is 0.00000121. The van der Waals surface area contributed by atoms with Crippen molar-refractivity contribution in [3.63, 3.8) is 0 Å². The molecule has 1 N–H and O–H groups in total. The smallest absolute Gasteiger partial charge is 0.239 e. The second kappa shape index (κ2) is 8.11. The Morgan fingerprint density at radius 3 is 2.24 bits per heavy atom. The number of carbonyl (C=O) groups excluding carboxylic acids is 1. The lowest BCUT2D eigenvalue weighted by Gasteiger charge is -2.38. The van der Waals surface area contributed by atoms with Crippen LogP contribution in [-0.2, 0) is 4.79 Å². The summed E-state index contributed by atoms with van der Waals surface area (Å²) in [5.74, 6) is 0.136. The maximum Gasteiger partial charge on any atom is 0.239 e. The van der Waals surface area contributed by atoms with Gasteiger partial charge in [-0.2, -0.15) is 0 Å². The van der Waals surface area contributed by atoms with Crippen molar-refractivity contribution in [2.75, 3.05) is 33.7 Å². The van der Waals surface area contributed by atoms with E-state index in [1.54, 1.807) is 0 Å². The zero-order valence-electron chi connectivity index (χ0n) is 11.3. The average Bonchev–Trinajstić information content (AvgIpc) is 2.22. The van der Waals surface area contributed by atoms with Gasteiger partial charge >= 0.3 is 0 Å². The van der Waals surface area contributed by atoms with Crippen LogP contribution in [0.15, 0.2) is 0 Å². The number of carbonyl (C=O) groups is 1. The Hall–Kier alpha value is 0.850. The molecular weight excluding hydrogens is 444 g/mol. The quantitative estimate of drug-likeness (QED) is 0.600. The Labute approximate surface area is 128 Å². The van der Waals surface area contributed by atoms with Crippen LogP contribution in [0.4, 0.5) is 0 Å². The van der Waals surface area contributed by atoms with Gasteiger partial charge in [0.1, 0.15) is 6.04 Å². The molecule has 0 unspecified atom stereocenters. The van der Waals surface area contributed by atoms with E-state index in [1.165, 1.54) is 0 Å². The fourth-order valence-electron chi connectivity index (χ4n) is 1.75. The molecule has 1 saturated heterocycles. The third kappa shape index (κ3) is 7.12. The molecule has 4 nitrogen and oxygen atoms in total. The van der Waals surface area contributed by atoms with Crippen molar-refractivity contribution in [3.8, 4) is 0 Å². The number of nitrogens with zero attached hydrogens (tertiary/aromatic N) is 2. The largest absolute Gasteiger partial charge is 0.350 e. The molecule has 17 heavy (non-hydrogen) atoms. The van der Waals surface area contributed by atoms with Gasteiger partial charge in [-0.3, -0.25) is 9.69 Å². The Morgan fingerprint density at radius 2 is 1.76 bits per heavy atom. The Morgan fingerprint density at radius 1 is 1.24 bits per heavy atom. The number of halogens is 2. The lowest BCUT2D eigenvalue weighted by molar-refractivity contribution is -0.129. The molecule has 1 atom stereocenters. The van der Waals surface area contributed by atoms with E-state index in [1.807, 2.05) is 27.8 Å². The van der Waals surface area contributed by atoms with Gasteiger partial charge in [-0.05, 0) is 34.9 Å². The van der Waals surface area contributed by atoms with Crippen LogP contribution >= 0.6 is 37.2 Å². The number of likely N-dealkylation sites (N-methyl/N-ethyl adjacent to an activating group) is 2. The molecule has 1 fully saturated rings. The minimum absolute atomic E-state index is 0.0111. The van der Waals surface area contributed by atoms with E-state index in [0.717, 1.165) is 19.6 Å². The zero-order valence-corrected chi connectivity index (χ0v) is 15.6. The first-order chi connectivity index (χ1) is 7.79. The summed E-state index contributed by atoms with van der Waals surface area (Å²) in [6, 6.07) is -0.0111. The standard InChI is InChI=1S/C11H23N3O.I2/c1-11(2,3)12-10(15)9-8-13(4)6-7-14(9)5;1-2/h9H,6-8H2,1-5H3,(H,12,15);/t9-;/m0./s1. The monoisotopic (exact) mass is 467 g/mol. The predicted octanol–water partition coefficient (Wildman–Crippen LogP) is 1.92. The van der Waals surface area contributed by atoms with Gasteiger partial charge in [0.2, 0.25) is 5.91 Å².